The highest BCUT2D eigenvalue weighted by molar-refractivity contribution is 5.83. The molecule has 2 aliphatic rings. The largest absolute Gasteiger partial charge is 0.355 e. The van der Waals surface area contributed by atoms with Crippen LogP contribution >= 0.6 is 0 Å². The zero-order chi connectivity index (χ0) is 6.97. The average Bonchev–Trinajstić information content (AvgIpc) is 2.34. The van der Waals surface area contributed by atoms with E-state index in [1.807, 2.05) is 0 Å². The van der Waals surface area contributed by atoms with E-state index in [4.69, 9.17) is 0 Å². The van der Waals surface area contributed by atoms with Crippen molar-refractivity contribution in [3.8, 4) is 0 Å². The van der Waals surface area contributed by atoms with E-state index >= 15 is 0 Å². The minimum absolute atomic E-state index is 0.203. The molecule has 0 saturated carbocycles. The van der Waals surface area contributed by atoms with Crippen molar-refractivity contribution in [3.63, 3.8) is 0 Å². The van der Waals surface area contributed by atoms with Gasteiger partial charge in [-0.2, -0.15) is 0 Å². The van der Waals surface area contributed by atoms with E-state index in [9.17, 15) is 4.79 Å². The number of amides is 1. The zero-order valence-electron chi connectivity index (χ0n) is 5.84. The first-order valence-electron chi connectivity index (χ1n) is 3.82. The number of nitrogens with one attached hydrogen (secondary N) is 1. The molecule has 0 aromatic carbocycles. The fraction of sp³-hybridized carbons (Fsp3) is 0.625. The molecule has 10 heavy (non-hydrogen) atoms. The number of hydrogen-bond acceptors (Lipinski definition) is 1. The Morgan fingerprint density at radius 3 is 3.30 bits per heavy atom. The third-order valence-corrected chi connectivity index (χ3v) is 2.40. The van der Waals surface area contributed by atoms with Crippen molar-refractivity contribution in [2.75, 3.05) is 6.54 Å². The Hall–Kier alpha value is -0.790. The number of hydrogen-bond donors (Lipinski definition) is 1. The molecule has 0 radical (unpaired) electrons. The second-order valence-electron chi connectivity index (χ2n) is 3.04. The predicted octanol–water partition coefficient (Wildman–Crippen LogP) is 0.699. The topological polar surface area (TPSA) is 29.1 Å². The fourth-order valence-electron chi connectivity index (χ4n) is 1.77. The summed E-state index contributed by atoms with van der Waals surface area (Å²) in [5, 5.41) is 2.87. The summed E-state index contributed by atoms with van der Waals surface area (Å²) in [6.45, 7) is 0.897. The highest BCUT2D eigenvalue weighted by Crippen LogP contribution is 2.27. The lowest BCUT2D eigenvalue weighted by atomic mass is 9.87. The number of carbonyl (C=O) groups excluding carboxylic acids is 1. The Morgan fingerprint density at radius 1 is 1.60 bits per heavy atom. The molecule has 0 spiro atoms. The molecule has 1 aliphatic heterocycles. The van der Waals surface area contributed by atoms with Crippen molar-refractivity contribution in [3.05, 3.63) is 12.2 Å². The third-order valence-electron chi connectivity index (χ3n) is 2.40. The molecular formula is C8H11NO. The summed E-state index contributed by atoms with van der Waals surface area (Å²) >= 11 is 0. The Labute approximate surface area is 60.3 Å². The third kappa shape index (κ3) is 0.753. The first kappa shape index (κ1) is 5.96. The summed E-state index contributed by atoms with van der Waals surface area (Å²) in [5.41, 5.74) is 0. The van der Waals surface area contributed by atoms with Gasteiger partial charge in [-0.3, -0.25) is 4.79 Å². The first-order chi connectivity index (χ1) is 4.88. The molecular weight excluding hydrogens is 126 g/mol. The Morgan fingerprint density at radius 2 is 2.50 bits per heavy atom. The monoisotopic (exact) mass is 137 g/mol. The van der Waals surface area contributed by atoms with Gasteiger partial charge in [0.25, 0.3) is 0 Å². The molecule has 1 N–H and O–H groups in total. The van der Waals surface area contributed by atoms with Gasteiger partial charge in [-0.1, -0.05) is 12.2 Å². The van der Waals surface area contributed by atoms with E-state index in [0.717, 1.165) is 13.0 Å². The van der Waals surface area contributed by atoms with Crippen LogP contribution in [0.5, 0.6) is 0 Å². The Balaban J connectivity index is 2.21. The summed E-state index contributed by atoms with van der Waals surface area (Å²) in [4.78, 5) is 11.0. The molecule has 0 aromatic heterocycles. The number of carbonyl (C=O) groups is 1. The lowest BCUT2D eigenvalue weighted by Crippen LogP contribution is -2.18. The molecule has 2 heteroatoms. The van der Waals surface area contributed by atoms with Gasteiger partial charge in [-0.15, -0.1) is 0 Å². The molecule has 54 valence electrons. The van der Waals surface area contributed by atoms with Gasteiger partial charge in [0.05, 0.1) is 5.92 Å². The SMILES string of the molecule is O=C1NCC2CCC=CC12. The molecule has 1 fully saturated rings. The second-order valence-corrected chi connectivity index (χ2v) is 3.04. The summed E-state index contributed by atoms with van der Waals surface area (Å²) < 4.78 is 0. The van der Waals surface area contributed by atoms with E-state index in [2.05, 4.69) is 17.5 Å². The van der Waals surface area contributed by atoms with Gasteiger partial charge in [0, 0.05) is 6.54 Å². The van der Waals surface area contributed by atoms with Gasteiger partial charge < -0.3 is 5.32 Å². The minimum Gasteiger partial charge on any atom is -0.355 e. The molecule has 2 rings (SSSR count). The predicted molar refractivity (Wildman–Crippen MR) is 38.4 cm³/mol. The maximum absolute atomic E-state index is 11.0. The molecule has 1 saturated heterocycles. The molecule has 2 atom stereocenters. The molecule has 1 amide bonds. The van der Waals surface area contributed by atoms with Crippen LogP contribution in [0.4, 0.5) is 0 Å². The van der Waals surface area contributed by atoms with Crippen molar-refractivity contribution >= 4 is 5.91 Å². The standard InChI is InChI=1S/C8H11NO/c10-8-7-4-2-1-3-6(7)5-9-8/h2,4,6-7H,1,3,5H2,(H,9,10). The van der Waals surface area contributed by atoms with Crippen molar-refractivity contribution < 1.29 is 4.79 Å². The normalized spacial score (nSPS) is 37.4. The minimum atomic E-state index is 0.203. The molecule has 0 bridgehead atoms. The summed E-state index contributed by atoms with van der Waals surface area (Å²) in [6, 6.07) is 0. The van der Waals surface area contributed by atoms with Crippen LogP contribution in [0.1, 0.15) is 12.8 Å². The second kappa shape index (κ2) is 2.11. The summed E-state index contributed by atoms with van der Waals surface area (Å²) in [6.07, 6.45) is 6.50. The summed E-state index contributed by atoms with van der Waals surface area (Å²) in [5.74, 6) is 1.02. The maximum atomic E-state index is 11.0. The van der Waals surface area contributed by atoms with Gasteiger partial charge in [0.15, 0.2) is 0 Å². The van der Waals surface area contributed by atoms with E-state index in [0.29, 0.717) is 5.92 Å². The van der Waals surface area contributed by atoms with E-state index in [1.54, 1.807) is 0 Å². The maximum Gasteiger partial charge on any atom is 0.227 e. The van der Waals surface area contributed by atoms with Crippen LogP contribution in [0.2, 0.25) is 0 Å². The van der Waals surface area contributed by atoms with E-state index < -0.39 is 0 Å². The van der Waals surface area contributed by atoms with Crippen molar-refractivity contribution in [2.45, 2.75) is 12.8 Å². The number of rotatable bonds is 0. The quantitative estimate of drug-likeness (QED) is 0.489. The van der Waals surface area contributed by atoms with Crippen LogP contribution in [-0.2, 0) is 4.79 Å². The lowest BCUT2D eigenvalue weighted by Gasteiger charge is -2.15. The van der Waals surface area contributed by atoms with Crippen LogP contribution < -0.4 is 5.32 Å². The van der Waals surface area contributed by atoms with Crippen LogP contribution in [0.15, 0.2) is 12.2 Å². The highest BCUT2D eigenvalue weighted by Gasteiger charge is 2.33. The van der Waals surface area contributed by atoms with Crippen molar-refractivity contribution in [2.24, 2.45) is 11.8 Å². The Bertz CT molecular complexity index is 184. The van der Waals surface area contributed by atoms with Gasteiger partial charge in [-0.25, -0.2) is 0 Å². The number of allylic oxidation sites excluding steroid dienone is 1. The van der Waals surface area contributed by atoms with Crippen LogP contribution in [-0.4, -0.2) is 12.5 Å². The summed E-state index contributed by atoms with van der Waals surface area (Å²) in [7, 11) is 0. The van der Waals surface area contributed by atoms with E-state index in [-0.39, 0.29) is 11.8 Å². The van der Waals surface area contributed by atoms with Crippen molar-refractivity contribution in [1.82, 2.24) is 5.32 Å². The molecule has 2 unspecified atom stereocenters. The van der Waals surface area contributed by atoms with Crippen LogP contribution in [0.25, 0.3) is 0 Å². The van der Waals surface area contributed by atoms with Crippen LogP contribution in [0, 0.1) is 11.8 Å². The fourth-order valence-corrected chi connectivity index (χ4v) is 1.77. The molecule has 1 heterocycles. The van der Waals surface area contributed by atoms with E-state index in [1.165, 1.54) is 6.42 Å². The van der Waals surface area contributed by atoms with Crippen molar-refractivity contribution in [1.29, 1.82) is 0 Å². The molecule has 1 aliphatic carbocycles. The van der Waals surface area contributed by atoms with Gasteiger partial charge >= 0.3 is 0 Å². The average molecular weight is 137 g/mol. The van der Waals surface area contributed by atoms with Crippen LogP contribution in [0.3, 0.4) is 0 Å². The number of fused-ring (bicyclic) bond motifs is 1. The molecule has 2 nitrogen and oxygen atoms in total. The Kier molecular flexibility index (Phi) is 1.26. The highest BCUT2D eigenvalue weighted by atomic mass is 16.2. The zero-order valence-corrected chi connectivity index (χ0v) is 5.84. The van der Waals surface area contributed by atoms with Gasteiger partial charge in [0.2, 0.25) is 5.91 Å². The first-order valence-corrected chi connectivity index (χ1v) is 3.82. The molecule has 0 aromatic rings. The lowest BCUT2D eigenvalue weighted by molar-refractivity contribution is -0.121. The smallest absolute Gasteiger partial charge is 0.227 e. The van der Waals surface area contributed by atoms with Gasteiger partial charge in [-0.05, 0) is 18.8 Å². The van der Waals surface area contributed by atoms with Gasteiger partial charge in [0.1, 0.15) is 0 Å².